The minimum Gasteiger partial charge on any atom is -0.372 e. The Morgan fingerprint density at radius 3 is 1.47 bits per heavy atom. The van der Waals surface area contributed by atoms with Crippen LogP contribution in [0.2, 0.25) is 0 Å². The minimum atomic E-state index is -0.723. The Morgan fingerprint density at radius 1 is 0.684 bits per heavy atom. The summed E-state index contributed by atoms with van der Waals surface area (Å²) >= 11 is 0. The van der Waals surface area contributed by atoms with Crippen LogP contribution in [0.4, 0.5) is 17.6 Å². The van der Waals surface area contributed by atoms with Crippen molar-refractivity contribution in [2.75, 3.05) is 0 Å². The molecular weight excluding hydrogens is 260 g/mol. The lowest BCUT2D eigenvalue weighted by Crippen LogP contribution is -1.99. The predicted molar refractivity (Wildman–Crippen MR) is 61.2 cm³/mol. The van der Waals surface area contributed by atoms with Crippen molar-refractivity contribution in [3.05, 3.63) is 70.8 Å². The van der Waals surface area contributed by atoms with Gasteiger partial charge in [0.1, 0.15) is 23.3 Å². The number of halogens is 4. The van der Waals surface area contributed by atoms with Gasteiger partial charge in [0.15, 0.2) is 0 Å². The fourth-order valence-corrected chi connectivity index (χ4v) is 1.55. The highest BCUT2D eigenvalue weighted by Gasteiger charge is 2.06. The molecule has 2 aromatic rings. The molecule has 0 saturated heterocycles. The molecule has 0 aliphatic rings. The van der Waals surface area contributed by atoms with Gasteiger partial charge in [0.2, 0.25) is 0 Å². The fraction of sp³-hybridized carbons (Fsp3) is 0.143. The molecule has 0 heterocycles. The Kier molecular flexibility index (Phi) is 4.16. The molecular formula is C14H10F4O. The second-order valence-electron chi connectivity index (χ2n) is 3.96. The average molecular weight is 270 g/mol. The second kappa shape index (κ2) is 5.84. The number of hydrogen-bond acceptors (Lipinski definition) is 1. The summed E-state index contributed by atoms with van der Waals surface area (Å²) in [5, 5.41) is 0. The van der Waals surface area contributed by atoms with Gasteiger partial charge in [-0.05, 0) is 12.1 Å². The van der Waals surface area contributed by atoms with E-state index in [2.05, 4.69) is 0 Å². The maximum Gasteiger partial charge on any atom is 0.131 e. The van der Waals surface area contributed by atoms with E-state index in [-0.39, 0.29) is 24.3 Å². The molecule has 0 fully saturated rings. The largest absolute Gasteiger partial charge is 0.372 e. The smallest absolute Gasteiger partial charge is 0.131 e. The van der Waals surface area contributed by atoms with Crippen molar-refractivity contribution in [2.24, 2.45) is 0 Å². The summed E-state index contributed by atoms with van der Waals surface area (Å²) in [6.07, 6.45) is 0. The van der Waals surface area contributed by atoms with Crippen molar-refractivity contribution in [2.45, 2.75) is 13.2 Å². The SMILES string of the molecule is Fc1ccc(COCc2ccc(F)cc2F)c(F)c1. The maximum absolute atomic E-state index is 13.3. The van der Waals surface area contributed by atoms with Gasteiger partial charge in [-0.1, -0.05) is 12.1 Å². The Hall–Kier alpha value is -1.88. The van der Waals surface area contributed by atoms with Crippen LogP contribution in [0, 0.1) is 23.3 Å². The molecule has 0 N–H and O–H groups in total. The van der Waals surface area contributed by atoms with Gasteiger partial charge in [-0.2, -0.15) is 0 Å². The van der Waals surface area contributed by atoms with Crippen molar-refractivity contribution in [1.29, 1.82) is 0 Å². The van der Waals surface area contributed by atoms with Crippen LogP contribution in [0.25, 0.3) is 0 Å². The van der Waals surface area contributed by atoms with Gasteiger partial charge in [-0.15, -0.1) is 0 Å². The van der Waals surface area contributed by atoms with Crippen LogP contribution in [0.3, 0.4) is 0 Å². The highest BCUT2D eigenvalue weighted by molar-refractivity contribution is 5.19. The summed E-state index contributed by atoms with van der Waals surface area (Å²) in [4.78, 5) is 0. The highest BCUT2D eigenvalue weighted by Crippen LogP contribution is 2.14. The summed E-state index contributed by atoms with van der Waals surface area (Å²) in [5.41, 5.74) is 0.341. The molecule has 0 atom stereocenters. The number of rotatable bonds is 4. The Bertz CT molecular complexity index is 532. The normalized spacial score (nSPS) is 10.7. The monoisotopic (exact) mass is 270 g/mol. The zero-order valence-corrected chi connectivity index (χ0v) is 9.80. The summed E-state index contributed by atoms with van der Waals surface area (Å²) in [5.74, 6) is -2.80. The Labute approximate surface area is 107 Å². The maximum atomic E-state index is 13.3. The summed E-state index contributed by atoms with van der Waals surface area (Å²) < 4.78 is 57.0. The molecule has 0 radical (unpaired) electrons. The Morgan fingerprint density at radius 2 is 1.11 bits per heavy atom. The van der Waals surface area contributed by atoms with E-state index < -0.39 is 23.3 Å². The third kappa shape index (κ3) is 3.54. The molecule has 0 bridgehead atoms. The first-order chi connectivity index (χ1) is 9.06. The summed E-state index contributed by atoms with van der Waals surface area (Å²) in [7, 11) is 0. The van der Waals surface area contributed by atoms with Gasteiger partial charge in [0.05, 0.1) is 13.2 Å². The third-order valence-electron chi connectivity index (χ3n) is 2.55. The van der Waals surface area contributed by atoms with Crippen LogP contribution in [0.1, 0.15) is 11.1 Å². The first-order valence-electron chi connectivity index (χ1n) is 5.52. The molecule has 2 rings (SSSR count). The van der Waals surface area contributed by atoms with E-state index in [0.717, 1.165) is 24.3 Å². The molecule has 0 unspecified atom stereocenters. The van der Waals surface area contributed by atoms with E-state index in [0.29, 0.717) is 0 Å². The molecule has 0 saturated carbocycles. The highest BCUT2D eigenvalue weighted by atomic mass is 19.1. The average Bonchev–Trinajstić information content (AvgIpc) is 2.34. The predicted octanol–water partition coefficient (Wildman–Crippen LogP) is 3.96. The van der Waals surface area contributed by atoms with E-state index in [1.54, 1.807) is 0 Å². The molecule has 0 aromatic heterocycles. The molecule has 0 spiro atoms. The molecule has 0 amide bonds. The molecule has 2 aromatic carbocycles. The van der Waals surface area contributed by atoms with E-state index in [1.165, 1.54) is 12.1 Å². The minimum absolute atomic E-state index is 0.122. The lowest BCUT2D eigenvalue weighted by Gasteiger charge is -2.06. The number of ether oxygens (including phenoxy) is 1. The van der Waals surface area contributed by atoms with Crippen molar-refractivity contribution in [3.8, 4) is 0 Å². The molecule has 0 aliphatic heterocycles. The molecule has 100 valence electrons. The molecule has 0 aliphatic carbocycles. The van der Waals surface area contributed by atoms with Crippen LogP contribution in [0.5, 0.6) is 0 Å². The van der Waals surface area contributed by atoms with Gasteiger partial charge < -0.3 is 4.74 Å². The van der Waals surface area contributed by atoms with Crippen molar-refractivity contribution in [3.63, 3.8) is 0 Å². The van der Waals surface area contributed by atoms with Crippen molar-refractivity contribution >= 4 is 0 Å². The van der Waals surface area contributed by atoms with Gasteiger partial charge in [0, 0.05) is 23.3 Å². The van der Waals surface area contributed by atoms with Crippen LogP contribution in [-0.4, -0.2) is 0 Å². The lowest BCUT2D eigenvalue weighted by molar-refractivity contribution is 0.102. The molecule has 19 heavy (non-hydrogen) atoms. The van der Waals surface area contributed by atoms with Gasteiger partial charge in [0.25, 0.3) is 0 Å². The zero-order valence-electron chi connectivity index (χ0n) is 9.80. The van der Waals surface area contributed by atoms with Crippen LogP contribution in [0.15, 0.2) is 36.4 Å². The third-order valence-corrected chi connectivity index (χ3v) is 2.55. The van der Waals surface area contributed by atoms with E-state index in [4.69, 9.17) is 4.74 Å². The van der Waals surface area contributed by atoms with Crippen molar-refractivity contribution in [1.82, 2.24) is 0 Å². The van der Waals surface area contributed by atoms with Crippen molar-refractivity contribution < 1.29 is 22.3 Å². The second-order valence-corrected chi connectivity index (χ2v) is 3.96. The molecule has 1 nitrogen and oxygen atoms in total. The van der Waals surface area contributed by atoms with Gasteiger partial charge in [-0.3, -0.25) is 0 Å². The van der Waals surface area contributed by atoms with Crippen LogP contribution in [-0.2, 0) is 18.0 Å². The number of benzene rings is 2. The van der Waals surface area contributed by atoms with Gasteiger partial charge >= 0.3 is 0 Å². The first-order valence-corrected chi connectivity index (χ1v) is 5.52. The van der Waals surface area contributed by atoms with E-state index in [1.807, 2.05) is 0 Å². The lowest BCUT2D eigenvalue weighted by atomic mass is 10.2. The van der Waals surface area contributed by atoms with E-state index >= 15 is 0 Å². The standard InChI is InChI=1S/C14H10F4O/c15-11-3-1-9(13(17)5-11)7-19-8-10-2-4-12(16)6-14(10)18/h1-6H,7-8H2. The van der Waals surface area contributed by atoms with Crippen LogP contribution >= 0.6 is 0 Å². The van der Waals surface area contributed by atoms with Crippen LogP contribution < -0.4 is 0 Å². The fourth-order valence-electron chi connectivity index (χ4n) is 1.55. The molecule has 5 heteroatoms. The quantitative estimate of drug-likeness (QED) is 0.764. The number of hydrogen-bond donors (Lipinski definition) is 0. The topological polar surface area (TPSA) is 9.23 Å². The van der Waals surface area contributed by atoms with Gasteiger partial charge in [-0.25, -0.2) is 17.6 Å². The first kappa shape index (κ1) is 13.5. The zero-order chi connectivity index (χ0) is 13.8. The summed E-state index contributed by atoms with van der Waals surface area (Å²) in [6.45, 7) is -0.244. The Balaban J connectivity index is 1.96. The summed E-state index contributed by atoms with van der Waals surface area (Å²) in [6, 6.07) is 6.23. The van der Waals surface area contributed by atoms with E-state index in [9.17, 15) is 17.6 Å².